The smallest absolute Gasteiger partial charge is 0.234 e. The highest BCUT2D eigenvalue weighted by molar-refractivity contribution is 6.42. The molecule has 1 aromatic rings. The predicted octanol–water partition coefficient (Wildman–Crippen LogP) is 2.24. The first-order valence-corrected chi connectivity index (χ1v) is 6.63. The third-order valence-electron chi connectivity index (χ3n) is 2.44. The van der Waals surface area contributed by atoms with Gasteiger partial charge in [-0.3, -0.25) is 14.5 Å². The van der Waals surface area contributed by atoms with Crippen LogP contribution in [0.2, 0.25) is 10.0 Å². The maximum absolute atomic E-state index is 12.0. The molecular weight excluding hydrogens is 287 g/mol. The fraction of sp³-hybridized carbons (Fsp3) is 0.385. The number of carbonyl (C=O) groups excluding carboxylic acids is 2. The second kappa shape index (κ2) is 7.48. The SMILES string of the molecule is CCNC(=O)CN(C)CC(=O)c1ccc(Cl)c(Cl)c1. The van der Waals surface area contributed by atoms with E-state index >= 15 is 0 Å². The molecular formula is C13H16Cl2N2O2. The van der Waals surface area contributed by atoms with Crippen LogP contribution in [-0.2, 0) is 4.79 Å². The monoisotopic (exact) mass is 302 g/mol. The Kier molecular flexibility index (Phi) is 6.28. The largest absolute Gasteiger partial charge is 0.355 e. The average Bonchev–Trinajstić information content (AvgIpc) is 2.32. The number of halogens is 2. The molecule has 0 saturated heterocycles. The van der Waals surface area contributed by atoms with Gasteiger partial charge in [-0.1, -0.05) is 23.2 Å². The summed E-state index contributed by atoms with van der Waals surface area (Å²) < 4.78 is 0. The summed E-state index contributed by atoms with van der Waals surface area (Å²) in [5.41, 5.74) is 0.483. The second-order valence-electron chi connectivity index (χ2n) is 4.18. The Hall–Kier alpha value is -1.10. The van der Waals surface area contributed by atoms with E-state index in [0.29, 0.717) is 22.2 Å². The Bertz CT molecular complexity index is 478. The van der Waals surface area contributed by atoms with Crippen LogP contribution in [0.5, 0.6) is 0 Å². The molecule has 0 radical (unpaired) electrons. The van der Waals surface area contributed by atoms with Gasteiger partial charge in [0.05, 0.1) is 23.1 Å². The molecule has 0 aliphatic carbocycles. The molecule has 0 atom stereocenters. The maximum atomic E-state index is 12.0. The number of Topliss-reactive ketones (excluding diaryl/α,β-unsaturated/α-hetero) is 1. The quantitative estimate of drug-likeness (QED) is 0.820. The van der Waals surface area contributed by atoms with E-state index in [0.717, 1.165) is 0 Å². The molecule has 0 bridgehead atoms. The molecule has 0 aliphatic heterocycles. The summed E-state index contributed by atoms with van der Waals surface area (Å²) in [6, 6.07) is 4.74. The van der Waals surface area contributed by atoms with Crippen LogP contribution < -0.4 is 5.32 Å². The zero-order valence-corrected chi connectivity index (χ0v) is 12.4. The molecule has 104 valence electrons. The first kappa shape index (κ1) is 16.0. The minimum absolute atomic E-state index is 0.105. The van der Waals surface area contributed by atoms with E-state index in [4.69, 9.17) is 23.2 Å². The summed E-state index contributed by atoms with van der Waals surface area (Å²) in [4.78, 5) is 25.0. The number of nitrogens with zero attached hydrogens (tertiary/aromatic N) is 1. The minimum atomic E-state index is -0.106. The van der Waals surface area contributed by atoms with Gasteiger partial charge in [-0.25, -0.2) is 0 Å². The zero-order valence-electron chi connectivity index (χ0n) is 10.9. The van der Waals surface area contributed by atoms with Crippen LogP contribution in [0.3, 0.4) is 0 Å². The standard InChI is InChI=1S/C13H16Cl2N2O2/c1-3-16-13(19)8-17(2)7-12(18)9-4-5-10(14)11(15)6-9/h4-6H,3,7-8H2,1-2H3,(H,16,19). The van der Waals surface area contributed by atoms with Gasteiger partial charge in [-0.15, -0.1) is 0 Å². The van der Waals surface area contributed by atoms with Crippen molar-refractivity contribution in [1.29, 1.82) is 0 Å². The molecule has 0 saturated carbocycles. The van der Waals surface area contributed by atoms with Crippen molar-refractivity contribution in [3.8, 4) is 0 Å². The Morgan fingerprint density at radius 1 is 1.21 bits per heavy atom. The lowest BCUT2D eigenvalue weighted by Crippen LogP contribution is -2.37. The molecule has 0 aromatic heterocycles. The van der Waals surface area contributed by atoms with Crippen LogP contribution in [0.1, 0.15) is 17.3 Å². The van der Waals surface area contributed by atoms with Crippen molar-refractivity contribution >= 4 is 34.9 Å². The fourth-order valence-corrected chi connectivity index (χ4v) is 1.86. The molecule has 6 heteroatoms. The molecule has 1 N–H and O–H groups in total. The highest BCUT2D eigenvalue weighted by Gasteiger charge is 2.13. The summed E-state index contributed by atoms with van der Waals surface area (Å²) in [7, 11) is 1.71. The summed E-state index contributed by atoms with van der Waals surface area (Å²) in [5, 5.41) is 3.43. The van der Waals surface area contributed by atoms with Gasteiger partial charge < -0.3 is 5.32 Å². The number of ketones is 1. The molecule has 4 nitrogen and oxygen atoms in total. The normalized spacial score (nSPS) is 10.6. The number of rotatable bonds is 6. The average molecular weight is 303 g/mol. The lowest BCUT2D eigenvalue weighted by Gasteiger charge is -2.15. The Morgan fingerprint density at radius 2 is 1.89 bits per heavy atom. The number of hydrogen-bond acceptors (Lipinski definition) is 3. The lowest BCUT2D eigenvalue weighted by atomic mass is 10.1. The van der Waals surface area contributed by atoms with E-state index in [1.807, 2.05) is 6.92 Å². The van der Waals surface area contributed by atoms with Gasteiger partial charge in [0.1, 0.15) is 0 Å². The molecule has 1 aromatic carbocycles. The van der Waals surface area contributed by atoms with Crippen LogP contribution in [0.15, 0.2) is 18.2 Å². The van der Waals surface area contributed by atoms with Gasteiger partial charge >= 0.3 is 0 Å². The third-order valence-corrected chi connectivity index (χ3v) is 3.18. The Morgan fingerprint density at radius 3 is 2.47 bits per heavy atom. The van der Waals surface area contributed by atoms with E-state index in [9.17, 15) is 9.59 Å². The van der Waals surface area contributed by atoms with E-state index in [-0.39, 0.29) is 24.8 Å². The Labute approximate surface area is 122 Å². The van der Waals surface area contributed by atoms with E-state index in [2.05, 4.69) is 5.32 Å². The van der Waals surface area contributed by atoms with Crippen LogP contribution in [0.4, 0.5) is 0 Å². The van der Waals surface area contributed by atoms with E-state index in [1.54, 1.807) is 24.1 Å². The summed E-state index contributed by atoms with van der Waals surface area (Å²) in [6.45, 7) is 2.75. The third kappa shape index (κ3) is 5.19. The van der Waals surface area contributed by atoms with Crippen LogP contribution in [0.25, 0.3) is 0 Å². The number of carbonyl (C=O) groups is 2. The lowest BCUT2D eigenvalue weighted by molar-refractivity contribution is -0.121. The summed E-state index contributed by atoms with van der Waals surface area (Å²) >= 11 is 11.6. The van der Waals surface area contributed by atoms with Crippen molar-refractivity contribution in [1.82, 2.24) is 10.2 Å². The van der Waals surface area contributed by atoms with Crippen molar-refractivity contribution in [2.75, 3.05) is 26.7 Å². The number of benzene rings is 1. The van der Waals surface area contributed by atoms with Crippen molar-refractivity contribution in [3.05, 3.63) is 33.8 Å². The van der Waals surface area contributed by atoms with Crippen molar-refractivity contribution in [2.45, 2.75) is 6.92 Å². The van der Waals surface area contributed by atoms with Gasteiger partial charge in [-0.05, 0) is 32.2 Å². The van der Waals surface area contributed by atoms with Gasteiger partial charge in [0.25, 0.3) is 0 Å². The highest BCUT2D eigenvalue weighted by Crippen LogP contribution is 2.22. The molecule has 0 spiro atoms. The van der Waals surface area contributed by atoms with Gasteiger partial charge in [0.15, 0.2) is 5.78 Å². The number of hydrogen-bond donors (Lipinski definition) is 1. The number of nitrogens with one attached hydrogen (secondary N) is 1. The summed E-state index contributed by atoms with van der Waals surface area (Å²) in [6.07, 6.45) is 0. The van der Waals surface area contributed by atoms with Crippen molar-refractivity contribution in [2.24, 2.45) is 0 Å². The molecule has 0 unspecified atom stereocenters. The van der Waals surface area contributed by atoms with Gasteiger partial charge in [-0.2, -0.15) is 0 Å². The van der Waals surface area contributed by atoms with E-state index in [1.165, 1.54) is 6.07 Å². The Balaban J connectivity index is 2.59. The molecule has 0 aliphatic rings. The zero-order chi connectivity index (χ0) is 14.4. The van der Waals surface area contributed by atoms with Crippen LogP contribution >= 0.6 is 23.2 Å². The van der Waals surface area contributed by atoms with E-state index < -0.39 is 0 Å². The molecule has 1 rings (SSSR count). The predicted molar refractivity (Wildman–Crippen MR) is 77.0 cm³/mol. The van der Waals surface area contributed by atoms with Crippen LogP contribution in [0, 0.1) is 0 Å². The second-order valence-corrected chi connectivity index (χ2v) is 4.99. The fourth-order valence-electron chi connectivity index (χ4n) is 1.56. The minimum Gasteiger partial charge on any atom is -0.355 e. The first-order valence-electron chi connectivity index (χ1n) is 5.87. The molecule has 19 heavy (non-hydrogen) atoms. The molecule has 1 amide bonds. The number of likely N-dealkylation sites (N-methyl/N-ethyl adjacent to an activating group) is 2. The van der Waals surface area contributed by atoms with Crippen molar-refractivity contribution < 1.29 is 9.59 Å². The molecule has 0 fully saturated rings. The first-order chi connectivity index (χ1) is 8.93. The molecule has 0 heterocycles. The topological polar surface area (TPSA) is 49.4 Å². The highest BCUT2D eigenvalue weighted by atomic mass is 35.5. The van der Waals surface area contributed by atoms with Gasteiger partial charge in [0.2, 0.25) is 5.91 Å². The maximum Gasteiger partial charge on any atom is 0.234 e. The van der Waals surface area contributed by atoms with Crippen LogP contribution in [-0.4, -0.2) is 43.3 Å². The summed E-state index contributed by atoms with van der Waals surface area (Å²) in [5.74, 6) is -0.211. The van der Waals surface area contributed by atoms with Crippen molar-refractivity contribution in [3.63, 3.8) is 0 Å². The number of amides is 1. The van der Waals surface area contributed by atoms with Gasteiger partial charge in [0, 0.05) is 12.1 Å².